The van der Waals surface area contributed by atoms with E-state index in [4.69, 9.17) is 0 Å². The average molecular weight is 293 g/mol. The minimum atomic E-state index is -0.230. The molecule has 0 fully saturated rings. The average Bonchev–Trinajstić information content (AvgIpc) is 2.37. The van der Waals surface area contributed by atoms with Crippen molar-refractivity contribution < 1.29 is 5.11 Å². The van der Waals surface area contributed by atoms with Gasteiger partial charge in [0, 0.05) is 0 Å². The van der Waals surface area contributed by atoms with Gasteiger partial charge in [0.1, 0.15) is 0 Å². The Balaban J connectivity index is 2.16. The van der Waals surface area contributed by atoms with Gasteiger partial charge in [-0.05, 0) is 0 Å². The number of hydrogen-bond donors (Lipinski definition) is 1. The van der Waals surface area contributed by atoms with E-state index >= 15 is 0 Å². The van der Waals surface area contributed by atoms with Crippen molar-refractivity contribution in [1.82, 2.24) is 0 Å². The van der Waals surface area contributed by atoms with Gasteiger partial charge in [-0.15, -0.1) is 0 Å². The van der Waals surface area contributed by atoms with E-state index in [9.17, 15) is 5.11 Å². The second kappa shape index (κ2) is 9.07. The molecule has 1 nitrogen and oxygen atoms in total. The fourth-order valence-electron chi connectivity index (χ4n) is 1.33. The molecule has 0 saturated carbocycles. The minimum absolute atomic E-state index is 0.230. The molecule has 1 aromatic rings. The molecule has 0 aromatic heterocycles. The van der Waals surface area contributed by atoms with Crippen LogP contribution in [0.2, 0.25) is 0 Å². The van der Waals surface area contributed by atoms with Gasteiger partial charge < -0.3 is 0 Å². The van der Waals surface area contributed by atoms with Crippen LogP contribution in [0.3, 0.4) is 0 Å². The molecule has 90 valence electrons. The van der Waals surface area contributed by atoms with E-state index in [-0.39, 0.29) is 21.1 Å². The number of benzene rings is 1. The molecule has 0 aliphatic heterocycles. The predicted octanol–water partition coefficient (Wildman–Crippen LogP) is 2.08. The molecular weight excluding hydrogens is 275 g/mol. The van der Waals surface area contributed by atoms with Gasteiger partial charge in [-0.25, -0.2) is 0 Å². The summed E-state index contributed by atoms with van der Waals surface area (Å²) in [7, 11) is 0. The van der Waals surface area contributed by atoms with Gasteiger partial charge in [0.05, 0.1) is 0 Å². The van der Waals surface area contributed by atoms with Crippen molar-refractivity contribution in [2.45, 2.75) is 31.8 Å². The predicted molar refractivity (Wildman–Crippen MR) is 74.3 cm³/mol. The second-order valence-corrected chi connectivity index (χ2v) is 5.60. The molecule has 1 unspecified atom stereocenters. The fraction of sp³-hybridized carbons (Fsp3) is 0.333. The molecule has 2 heteroatoms. The summed E-state index contributed by atoms with van der Waals surface area (Å²) in [6.07, 6.45) is 4.84. The third-order valence-corrected chi connectivity index (χ3v) is 3.87. The summed E-state index contributed by atoms with van der Waals surface area (Å²) in [5.41, 5.74) is 0. The first kappa shape index (κ1) is 14.1. The van der Waals surface area contributed by atoms with Crippen molar-refractivity contribution in [3.8, 4) is 10.7 Å². The molecule has 1 N–H and O–H groups in total. The Morgan fingerprint density at radius 1 is 1.29 bits per heavy atom. The van der Waals surface area contributed by atoms with Gasteiger partial charge in [0.2, 0.25) is 0 Å². The molecule has 0 radical (unpaired) electrons. The van der Waals surface area contributed by atoms with E-state index in [0.29, 0.717) is 0 Å². The number of aliphatic hydroxyl groups excluding tert-OH is 1. The van der Waals surface area contributed by atoms with E-state index in [2.05, 4.69) is 29.5 Å². The van der Waals surface area contributed by atoms with Crippen LogP contribution >= 0.6 is 0 Å². The van der Waals surface area contributed by atoms with Gasteiger partial charge in [-0.1, -0.05) is 0 Å². The van der Waals surface area contributed by atoms with E-state index in [1.807, 2.05) is 24.3 Å². The Morgan fingerprint density at radius 2 is 2.06 bits per heavy atom. The summed E-state index contributed by atoms with van der Waals surface area (Å²) in [5, 5.41) is 9.59. The molecule has 1 atom stereocenters. The Hall–Kier alpha value is -1.00. The molecule has 0 spiro atoms. The summed E-state index contributed by atoms with van der Waals surface area (Å²) in [4.78, 5) is 3.19. The van der Waals surface area contributed by atoms with Gasteiger partial charge in [0.25, 0.3) is 0 Å². The van der Waals surface area contributed by atoms with Crippen LogP contribution in [0.5, 0.6) is 0 Å². The number of allylic oxidation sites excluding steroid dienone is 1. The van der Waals surface area contributed by atoms with Crippen LogP contribution in [-0.2, 0) is 0 Å². The van der Waals surface area contributed by atoms with Gasteiger partial charge in [-0.2, -0.15) is 0 Å². The topological polar surface area (TPSA) is 20.2 Å². The van der Waals surface area contributed by atoms with Crippen molar-refractivity contribution in [1.29, 1.82) is 0 Å². The molecular formula is C15H18OSe. The van der Waals surface area contributed by atoms with Crippen LogP contribution in [0.25, 0.3) is 0 Å². The van der Waals surface area contributed by atoms with Crippen LogP contribution in [0.4, 0.5) is 0 Å². The molecule has 0 amide bonds. The van der Waals surface area contributed by atoms with Crippen molar-refractivity contribution in [3.05, 3.63) is 43.0 Å². The molecule has 17 heavy (non-hydrogen) atoms. The summed E-state index contributed by atoms with van der Waals surface area (Å²) < 4.78 is 1.31. The molecule has 1 aromatic carbocycles. The molecule has 0 bridgehead atoms. The quantitative estimate of drug-likeness (QED) is 0.484. The van der Waals surface area contributed by atoms with E-state index in [0.717, 1.165) is 25.7 Å². The Bertz CT molecular complexity index is 375. The molecule has 0 heterocycles. The van der Waals surface area contributed by atoms with Crippen LogP contribution in [0, 0.1) is 10.7 Å². The van der Waals surface area contributed by atoms with Gasteiger partial charge in [-0.3, -0.25) is 0 Å². The van der Waals surface area contributed by atoms with Crippen molar-refractivity contribution >= 4 is 19.4 Å². The Labute approximate surface area is 110 Å². The Kier molecular flexibility index (Phi) is 7.51. The molecule has 1 rings (SSSR count). The normalized spacial score (nSPS) is 11.4. The number of hydrogen-bond acceptors (Lipinski definition) is 1. The van der Waals surface area contributed by atoms with Crippen molar-refractivity contribution in [3.63, 3.8) is 0 Å². The third kappa shape index (κ3) is 7.02. The molecule has 0 saturated heterocycles. The molecule has 0 aliphatic carbocycles. The third-order valence-electron chi connectivity index (χ3n) is 2.29. The van der Waals surface area contributed by atoms with Crippen LogP contribution in [0.15, 0.2) is 43.0 Å². The SMILES string of the molecule is C=CCCC(O)CCC#C[Se]c1ccccc1. The fourth-order valence-corrected chi connectivity index (χ4v) is 2.56. The van der Waals surface area contributed by atoms with E-state index < -0.39 is 0 Å². The second-order valence-electron chi connectivity index (χ2n) is 3.75. The zero-order chi connectivity index (χ0) is 12.3. The van der Waals surface area contributed by atoms with Gasteiger partial charge in [0.15, 0.2) is 0 Å². The Morgan fingerprint density at radius 3 is 2.76 bits per heavy atom. The van der Waals surface area contributed by atoms with E-state index in [1.165, 1.54) is 4.46 Å². The summed E-state index contributed by atoms with van der Waals surface area (Å²) >= 11 is 0.243. The first-order valence-electron chi connectivity index (χ1n) is 5.81. The van der Waals surface area contributed by atoms with Gasteiger partial charge >= 0.3 is 110 Å². The van der Waals surface area contributed by atoms with Crippen LogP contribution in [0.1, 0.15) is 25.7 Å². The monoisotopic (exact) mass is 294 g/mol. The zero-order valence-electron chi connectivity index (χ0n) is 9.93. The van der Waals surface area contributed by atoms with Crippen LogP contribution < -0.4 is 4.46 Å². The molecule has 0 aliphatic rings. The summed E-state index contributed by atoms with van der Waals surface area (Å²) in [6, 6.07) is 10.3. The zero-order valence-corrected chi connectivity index (χ0v) is 11.6. The first-order chi connectivity index (χ1) is 8.33. The van der Waals surface area contributed by atoms with Crippen molar-refractivity contribution in [2.24, 2.45) is 0 Å². The summed E-state index contributed by atoms with van der Waals surface area (Å²) in [5.74, 6) is 3.13. The summed E-state index contributed by atoms with van der Waals surface area (Å²) in [6.45, 7) is 3.64. The van der Waals surface area contributed by atoms with E-state index in [1.54, 1.807) is 0 Å². The number of rotatable bonds is 6. The maximum atomic E-state index is 9.59. The maximum absolute atomic E-state index is 9.59. The van der Waals surface area contributed by atoms with Crippen LogP contribution in [-0.4, -0.2) is 26.2 Å². The first-order valence-corrected chi connectivity index (χ1v) is 7.53. The van der Waals surface area contributed by atoms with Crippen molar-refractivity contribution in [2.75, 3.05) is 0 Å². The standard InChI is InChI=1S/C15H18OSe/c1-2-3-9-14(16)10-7-8-13-17-15-11-5-4-6-12-15/h2,4-6,11-12,14,16H,1,3,7,9-10H2. The number of aliphatic hydroxyl groups is 1.